The highest BCUT2D eigenvalue weighted by atomic mass is 16.5. The molecule has 104 valence electrons. The summed E-state index contributed by atoms with van der Waals surface area (Å²) in [6.07, 6.45) is -1.92. The van der Waals surface area contributed by atoms with Crippen LogP contribution in [0, 0.1) is 0 Å². The van der Waals surface area contributed by atoms with E-state index in [0.29, 0.717) is 17.0 Å². The molecular weight excluding hydrogens is 248 g/mol. The highest BCUT2D eigenvalue weighted by molar-refractivity contribution is 5.97. The van der Waals surface area contributed by atoms with Gasteiger partial charge in [0.1, 0.15) is 11.9 Å². The number of hydrogen-bond donors (Lipinski definition) is 3. The van der Waals surface area contributed by atoms with Crippen LogP contribution in [0.15, 0.2) is 18.2 Å². The van der Waals surface area contributed by atoms with Gasteiger partial charge in [0.25, 0.3) is 5.91 Å². The van der Waals surface area contributed by atoms with Crippen molar-refractivity contribution < 1.29 is 19.7 Å². The van der Waals surface area contributed by atoms with Crippen LogP contribution in [0.4, 0.5) is 5.69 Å². The highest BCUT2D eigenvalue weighted by Crippen LogP contribution is 2.34. The molecule has 2 rings (SSSR count). The maximum atomic E-state index is 11.6. The first-order chi connectivity index (χ1) is 9.04. The van der Waals surface area contributed by atoms with Gasteiger partial charge in [0.2, 0.25) is 0 Å². The lowest BCUT2D eigenvalue weighted by Gasteiger charge is -2.27. The van der Waals surface area contributed by atoms with Crippen molar-refractivity contribution in [2.45, 2.75) is 12.2 Å². The number of aliphatic hydroxyl groups excluding tert-OH is 2. The molecule has 0 spiro atoms. The van der Waals surface area contributed by atoms with Gasteiger partial charge in [0.15, 0.2) is 6.61 Å². The highest BCUT2D eigenvalue weighted by Gasteiger charge is 2.25. The SMILES string of the molecule is CNCC(O)C(O)c1ccc2c(c1)N(C)C(=O)CO2. The second kappa shape index (κ2) is 5.56. The van der Waals surface area contributed by atoms with Crippen LogP contribution in [0.1, 0.15) is 11.7 Å². The van der Waals surface area contributed by atoms with E-state index in [2.05, 4.69) is 5.32 Å². The Morgan fingerprint density at radius 1 is 1.47 bits per heavy atom. The van der Waals surface area contributed by atoms with Gasteiger partial charge < -0.3 is 25.2 Å². The average molecular weight is 266 g/mol. The van der Waals surface area contributed by atoms with Gasteiger partial charge in [-0.25, -0.2) is 0 Å². The number of benzene rings is 1. The van der Waals surface area contributed by atoms with E-state index in [-0.39, 0.29) is 19.1 Å². The molecule has 0 bridgehead atoms. The maximum absolute atomic E-state index is 11.6. The first kappa shape index (κ1) is 13.8. The summed E-state index contributed by atoms with van der Waals surface area (Å²) in [4.78, 5) is 13.0. The van der Waals surface area contributed by atoms with Crippen molar-refractivity contribution in [2.24, 2.45) is 0 Å². The van der Waals surface area contributed by atoms with Crippen molar-refractivity contribution in [3.63, 3.8) is 0 Å². The molecule has 1 aliphatic heterocycles. The molecule has 0 fully saturated rings. The zero-order valence-electron chi connectivity index (χ0n) is 11.0. The number of aliphatic hydroxyl groups is 2. The molecular formula is C13H18N2O4. The second-order valence-electron chi connectivity index (χ2n) is 4.54. The monoisotopic (exact) mass is 266 g/mol. The maximum Gasteiger partial charge on any atom is 0.264 e. The number of anilines is 1. The number of amides is 1. The van der Waals surface area contributed by atoms with Crippen LogP contribution in [0.5, 0.6) is 5.75 Å². The molecule has 0 saturated heterocycles. The van der Waals surface area contributed by atoms with Gasteiger partial charge in [-0.15, -0.1) is 0 Å². The summed E-state index contributed by atoms with van der Waals surface area (Å²) >= 11 is 0. The fourth-order valence-electron chi connectivity index (χ4n) is 2.02. The number of fused-ring (bicyclic) bond motifs is 1. The summed E-state index contributed by atoms with van der Waals surface area (Å²) in [5.74, 6) is 0.455. The van der Waals surface area contributed by atoms with Gasteiger partial charge in [0, 0.05) is 13.6 Å². The largest absolute Gasteiger partial charge is 0.482 e. The summed E-state index contributed by atoms with van der Waals surface area (Å²) in [7, 11) is 3.35. The van der Waals surface area contributed by atoms with Crippen LogP contribution in [0.2, 0.25) is 0 Å². The Labute approximate surface area is 111 Å². The van der Waals surface area contributed by atoms with Crippen LogP contribution >= 0.6 is 0 Å². The zero-order valence-corrected chi connectivity index (χ0v) is 11.0. The lowest BCUT2D eigenvalue weighted by molar-refractivity contribution is -0.120. The van der Waals surface area contributed by atoms with Crippen molar-refractivity contribution in [1.82, 2.24) is 5.32 Å². The first-order valence-electron chi connectivity index (χ1n) is 6.08. The molecule has 2 atom stereocenters. The van der Waals surface area contributed by atoms with Crippen LogP contribution < -0.4 is 15.0 Å². The molecule has 1 aliphatic rings. The van der Waals surface area contributed by atoms with E-state index < -0.39 is 12.2 Å². The van der Waals surface area contributed by atoms with E-state index in [1.54, 1.807) is 32.3 Å². The van der Waals surface area contributed by atoms with Crippen LogP contribution in [0.25, 0.3) is 0 Å². The number of hydrogen-bond acceptors (Lipinski definition) is 5. The summed E-state index contributed by atoms with van der Waals surface area (Å²) in [5, 5.41) is 22.6. The molecule has 1 amide bonds. The van der Waals surface area contributed by atoms with E-state index in [1.165, 1.54) is 4.90 Å². The Bertz CT molecular complexity index is 478. The summed E-state index contributed by atoms with van der Waals surface area (Å²) in [6.45, 7) is 0.303. The Hall–Kier alpha value is -1.63. The van der Waals surface area contributed by atoms with Gasteiger partial charge in [-0.1, -0.05) is 6.07 Å². The average Bonchev–Trinajstić information content (AvgIpc) is 2.42. The minimum Gasteiger partial charge on any atom is -0.482 e. The molecule has 0 aromatic heterocycles. The number of carbonyl (C=O) groups is 1. The molecule has 1 aromatic carbocycles. The van der Waals surface area contributed by atoms with Crippen molar-refractivity contribution in [2.75, 3.05) is 32.1 Å². The topological polar surface area (TPSA) is 82.0 Å². The molecule has 1 aromatic rings. The third-order valence-corrected chi connectivity index (χ3v) is 3.19. The fraction of sp³-hybridized carbons (Fsp3) is 0.462. The number of nitrogens with one attached hydrogen (secondary N) is 1. The van der Waals surface area contributed by atoms with Crippen molar-refractivity contribution in [1.29, 1.82) is 0 Å². The zero-order chi connectivity index (χ0) is 14.0. The number of ether oxygens (including phenoxy) is 1. The molecule has 3 N–H and O–H groups in total. The van der Waals surface area contributed by atoms with Crippen molar-refractivity contribution in [3.05, 3.63) is 23.8 Å². The Balaban J connectivity index is 2.27. The molecule has 19 heavy (non-hydrogen) atoms. The van der Waals surface area contributed by atoms with Crippen LogP contribution in [0.3, 0.4) is 0 Å². The Morgan fingerprint density at radius 3 is 2.89 bits per heavy atom. The molecule has 0 saturated carbocycles. The lowest BCUT2D eigenvalue weighted by atomic mass is 10.0. The quantitative estimate of drug-likeness (QED) is 0.694. The number of rotatable bonds is 4. The summed E-state index contributed by atoms with van der Waals surface area (Å²) in [6, 6.07) is 5.05. The predicted molar refractivity (Wildman–Crippen MR) is 70.2 cm³/mol. The number of likely N-dealkylation sites (N-methyl/N-ethyl adjacent to an activating group) is 2. The molecule has 6 nitrogen and oxygen atoms in total. The van der Waals surface area contributed by atoms with Crippen LogP contribution in [-0.4, -0.2) is 49.5 Å². The molecule has 2 unspecified atom stereocenters. The van der Waals surface area contributed by atoms with Gasteiger partial charge in [-0.3, -0.25) is 4.79 Å². The second-order valence-corrected chi connectivity index (χ2v) is 4.54. The van der Waals surface area contributed by atoms with Gasteiger partial charge >= 0.3 is 0 Å². The van der Waals surface area contributed by atoms with Crippen LogP contribution in [-0.2, 0) is 4.79 Å². The standard InChI is InChI=1S/C13H18N2O4/c1-14-6-10(16)13(18)8-3-4-11-9(5-8)15(2)12(17)7-19-11/h3-5,10,13-14,16,18H,6-7H2,1-2H3. The van der Waals surface area contributed by atoms with E-state index in [4.69, 9.17) is 4.74 Å². The van der Waals surface area contributed by atoms with Gasteiger partial charge in [0.05, 0.1) is 11.8 Å². The molecule has 0 radical (unpaired) electrons. The van der Waals surface area contributed by atoms with E-state index >= 15 is 0 Å². The Morgan fingerprint density at radius 2 is 2.21 bits per heavy atom. The minimum atomic E-state index is -1.01. The predicted octanol–water partition coefficient (Wildman–Crippen LogP) is -0.345. The first-order valence-corrected chi connectivity index (χ1v) is 6.08. The summed E-state index contributed by atoms with van der Waals surface area (Å²) < 4.78 is 5.30. The van der Waals surface area contributed by atoms with Crippen molar-refractivity contribution >= 4 is 11.6 Å². The third-order valence-electron chi connectivity index (χ3n) is 3.19. The lowest BCUT2D eigenvalue weighted by Crippen LogP contribution is -2.35. The third kappa shape index (κ3) is 2.70. The smallest absolute Gasteiger partial charge is 0.264 e. The van der Waals surface area contributed by atoms with Crippen molar-refractivity contribution in [3.8, 4) is 5.75 Å². The van der Waals surface area contributed by atoms with E-state index in [9.17, 15) is 15.0 Å². The minimum absolute atomic E-state index is 0.0216. The molecule has 6 heteroatoms. The normalized spacial score (nSPS) is 17.7. The molecule has 1 heterocycles. The fourth-order valence-corrected chi connectivity index (χ4v) is 2.02. The number of carbonyl (C=O) groups excluding carboxylic acids is 1. The molecule has 0 aliphatic carbocycles. The van der Waals surface area contributed by atoms with E-state index in [1.807, 2.05) is 0 Å². The Kier molecular flexibility index (Phi) is 4.04. The summed E-state index contributed by atoms with van der Waals surface area (Å²) in [5.41, 5.74) is 1.15. The van der Waals surface area contributed by atoms with Gasteiger partial charge in [-0.05, 0) is 24.7 Å². The van der Waals surface area contributed by atoms with E-state index in [0.717, 1.165) is 0 Å². The van der Waals surface area contributed by atoms with Gasteiger partial charge in [-0.2, -0.15) is 0 Å². The number of nitrogens with zero attached hydrogens (tertiary/aromatic N) is 1.